The second kappa shape index (κ2) is 7.17. The van der Waals surface area contributed by atoms with Gasteiger partial charge in [-0.1, -0.05) is 42.5 Å². The summed E-state index contributed by atoms with van der Waals surface area (Å²) in [6.07, 6.45) is 0.229. The zero-order valence-corrected chi connectivity index (χ0v) is 13.8. The summed E-state index contributed by atoms with van der Waals surface area (Å²) in [4.78, 5) is 38.0. The molecule has 1 saturated heterocycles. The molecule has 128 valence electrons. The first-order chi connectivity index (χ1) is 12.1. The van der Waals surface area contributed by atoms with Crippen molar-refractivity contribution in [1.29, 1.82) is 0 Å². The summed E-state index contributed by atoms with van der Waals surface area (Å²) in [5.41, 5.74) is 1.65. The number of imide groups is 2. The fourth-order valence-electron chi connectivity index (χ4n) is 2.75. The highest BCUT2D eigenvalue weighted by molar-refractivity contribution is 6.16. The lowest BCUT2D eigenvalue weighted by Gasteiger charge is -2.30. The van der Waals surface area contributed by atoms with E-state index in [-0.39, 0.29) is 13.0 Å². The van der Waals surface area contributed by atoms with Crippen molar-refractivity contribution in [3.8, 4) is 5.75 Å². The highest BCUT2D eigenvalue weighted by atomic mass is 16.5. The van der Waals surface area contributed by atoms with E-state index in [1.54, 1.807) is 31.4 Å². The summed E-state index contributed by atoms with van der Waals surface area (Å²) in [6, 6.07) is 15.7. The van der Waals surface area contributed by atoms with Gasteiger partial charge < -0.3 is 4.74 Å². The standard InChI is InChI=1S/C19H18N2O4/c1-25-15-9-7-13(8-10-15)11-16-17(22)20-19(24)21(18(16)23)12-14-5-3-2-4-6-14/h2-10,16H,11-12H2,1H3,(H,20,22,24). The molecule has 1 fully saturated rings. The van der Waals surface area contributed by atoms with Crippen molar-refractivity contribution in [2.45, 2.75) is 13.0 Å². The maximum absolute atomic E-state index is 12.7. The summed E-state index contributed by atoms with van der Waals surface area (Å²) >= 11 is 0. The number of carbonyl (C=O) groups is 3. The van der Waals surface area contributed by atoms with Gasteiger partial charge in [0.2, 0.25) is 11.8 Å². The molecule has 0 saturated carbocycles. The van der Waals surface area contributed by atoms with Gasteiger partial charge in [-0.3, -0.25) is 19.8 Å². The molecule has 0 radical (unpaired) electrons. The highest BCUT2D eigenvalue weighted by Gasteiger charge is 2.40. The van der Waals surface area contributed by atoms with Crippen LogP contribution in [0, 0.1) is 5.92 Å². The molecule has 1 aliphatic heterocycles. The summed E-state index contributed by atoms with van der Waals surface area (Å²) in [5.74, 6) is -1.26. The second-order valence-corrected chi connectivity index (χ2v) is 5.81. The van der Waals surface area contributed by atoms with Gasteiger partial charge in [0, 0.05) is 0 Å². The van der Waals surface area contributed by atoms with Crippen LogP contribution in [-0.2, 0) is 22.6 Å². The molecule has 1 heterocycles. The van der Waals surface area contributed by atoms with Crippen LogP contribution in [0.3, 0.4) is 0 Å². The average Bonchev–Trinajstić information content (AvgIpc) is 2.63. The first kappa shape index (κ1) is 16.7. The number of barbiturate groups is 1. The minimum atomic E-state index is -0.921. The molecule has 4 amide bonds. The fraction of sp³-hybridized carbons (Fsp3) is 0.211. The molecule has 3 rings (SSSR count). The number of amides is 4. The van der Waals surface area contributed by atoms with Crippen LogP contribution < -0.4 is 10.1 Å². The largest absolute Gasteiger partial charge is 0.497 e. The lowest BCUT2D eigenvalue weighted by Crippen LogP contribution is -2.57. The maximum Gasteiger partial charge on any atom is 0.331 e. The normalized spacial score (nSPS) is 17.4. The number of methoxy groups -OCH3 is 1. The number of benzene rings is 2. The van der Waals surface area contributed by atoms with Crippen LogP contribution in [0.15, 0.2) is 54.6 Å². The molecular weight excluding hydrogens is 320 g/mol. The van der Waals surface area contributed by atoms with Crippen molar-refractivity contribution in [2.75, 3.05) is 7.11 Å². The van der Waals surface area contributed by atoms with Crippen LogP contribution in [0.1, 0.15) is 11.1 Å². The predicted molar refractivity (Wildman–Crippen MR) is 90.7 cm³/mol. The Balaban J connectivity index is 1.77. The maximum atomic E-state index is 12.7. The van der Waals surface area contributed by atoms with Gasteiger partial charge >= 0.3 is 6.03 Å². The van der Waals surface area contributed by atoms with E-state index in [4.69, 9.17) is 4.74 Å². The van der Waals surface area contributed by atoms with Gasteiger partial charge in [-0.25, -0.2) is 4.79 Å². The Morgan fingerprint density at radius 3 is 2.28 bits per heavy atom. The van der Waals surface area contributed by atoms with Gasteiger partial charge in [-0.15, -0.1) is 0 Å². The van der Waals surface area contributed by atoms with E-state index in [9.17, 15) is 14.4 Å². The minimum absolute atomic E-state index is 0.137. The lowest BCUT2D eigenvalue weighted by atomic mass is 9.95. The molecule has 1 aliphatic rings. The third-order valence-corrected chi connectivity index (χ3v) is 4.14. The first-order valence-corrected chi connectivity index (χ1v) is 7.91. The molecule has 0 spiro atoms. The van der Waals surface area contributed by atoms with E-state index in [1.807, 2.05) is 30.3 Å². The monoisotopic (exact) mass is 338 g/mol. The average molecular weight is 338 g/mol. The van der Waals surface area contributed by atoms with Crippen molar-refractivity contribution < 1.29 is 19.1 Å². The van der Waals surface area contributed by atoms with Crippen LogP contribution in [0.2, 0.25) is 0 Å². The van der Waals surface area contributed by atoms with Crippen LogP contribution in [0.4, 0.5) is 4.79 Å². The SMILES string of the molecule is COc1ccc(CC2C(=O)NC(=O)N(Cc3ccccc3)C2=O)cc1. The van der Waals surface area contributed by atoms with Crippen LogP contribution in [0.5, 0.6) is 5.75 Å². The highest BCUT2D eigenvalue weighted by Crippen LogP contribution is 2.20. The van der Waals surface area contributed by atoms with Gasteiger partial charge in [0.1, 0.15) is 11.7 Å². The molecule has 1 unspecified atom stereocenters. The third kappa shape index (κ3) is 3.68. The Morgan fingerprint density at radius 2 is 1.64 bits per heavy atom. The van der Waals surface area contributed by atoms with E-state index in [2.05, 4.69) is 5.32 Å². The number of ether oxygens (including phenoxy) is 1. The summed E-state index contributed by atoms with van der Waals surface area (Å²) < 4.78 is 5.10. The molecule has 0 aromatic heterocycles. The summed E-state index contributed by atoms with van der Waals surface area (Å²) in [5, 5.41) is 2.28. The van der Waals surface area contributed by atoms with Crippen molar-refractivity contribution >= 4 is 17.8 Å². The summed E-state index contributed by atoms with van der Waals surface area (Å²) in [6.45, 7) is 0.137. The fourth-order valence-corrected chi connectivity index (χ4v) is 2.75. The van der Waals surface area contributed by atoms with E-state index < -0.39 is 23.8 Å². The van der Waals surface area contributed by atoms with Gasteiger partial charge in [-0.2, -0.15) is 0 Å². The topological polar surface area (TPSA) is 75.7 Å². The number of nitrogens with zero attached hydrogens (tertiary/aromatic N) is 1. The predicted octanol–water partition coefficient (Wildman–Crippen LogP) is 2.13. The number of hydrogen-bond donors (Lipinski definition) is 1. The number of urea groups is 1. The van der Waals surface area contributed by atoms with Crippen LogP contribution in [-0.4, -0.2) is 29.9 Å². The van der Waals surface area contributed by atoms with Crippen molar-refractivity contribution in [3.05, 3.63) is 65.7 Å². The van der Waals surface area contributed by atoms with Gasteiger partial charge in [0.25, 0.3) is 0 Å². The Bertz CT molecular complexity index is 787. The smallest absolute Gasteiger partial charge is 0.331 e. The minimum Gasteiger partial charge on any atom is -0.497 e. The molecule has 0 aliphatic carbocycles. The Hall–Kier alpha value is -3.15. The molecule has 6 heteroatoms. The molecule has 2 aromatic rings. The van der Waals surface area contributed by atoms with E-state index in [1.165, 1.54) is 0 Å². The number of nitrogens with one attached hydrogen (secondary N) is 1. The Morgan fingerprint density at radius 1 is 0.960 bits per heavy atom. The van der Waals surface area contributed by atoms with Crippen LogP contribution in [0.25, 0.3) is 0 Å². The van der Waals surface area contributed by atoms with Crippen molar-refractivity contribution in [3.63, 3.8) is 0 Å². The van der Waals surface area contributed by atoms with E-state index >= 15 is 0 Å². The molecule has 2 aromatic carbocycles. The lowest BCUT2D eigenvalue weighted by molar-refractivity contribution is -0.142. The number of carbonyl (C=O) groups excluding carboxylic acids is 3. The quantitative estimate of drug-likeness (QED) is 0.848. The zero-order valence-electron chi connectivity index (χ0n) is 13.8. The van der Waals surface area contributed by atoms with Gasteiger partial charge in [0.05, 0.1) is 13.7 Å². The van der Waals surface area contributed by atoms with Gasteiger partial charge in [-0.05, 0) is 29.7 Å². The molecule has 1 N–H and O–H groups in total. The molecule has 1 atom stereocenters. The van der Waals surface area contributed by atoms with Crippen LogP contribution >= 0.6 is 0 Å². The molecule has 25 heavy (non-hydrogen) atoms. The first-order valence-electron chi connectivity index (χ1n) is 7.91. The van der Waals surface area contributed by atoms with Gasteiger partial charge in [0.15, 0.2) is 0 Å². The summed E-state index contributed by atoms with van der Waals surface area (Å²) in [7, 11) is 1.57. The van der Waals surface area contributed by atoms with E-state index in [0.29, 0.717) is 5.75 Å². The van der Waals surface area contributed by atoms with Crippen molar-refractivity contribution in [1.82, 2.24) is 10.2 Å². The Kier molecular flexibility index (Phi) is 4.79. The zero-order chi connectivity index (χ0) is 17.8. The third-order valence-electron chi connectivity index (χ3n) is 4.14. The Labute approximate surface area is 145 Å². The number of rotatable bonds is 5. The molecule has 0 bridgehead atoms. The van der Waals surface area contributed by atoms with Crippen molar-refractivity contribution in [2.24, 2.45) is 5.92 Å². The number of hydrogen-bond acceptors (Lipinski definition) is 4. The molecular formula is C19H18N2O4. The van der Waals surface area contributed by atoms with E-state index in [0.717, 1.165) is 16.0 Å². The molecule has 6 nitrogen and oxygen atoms in total. The second-order valence-electron chi connectivity index (χ2n) is 5.81.